The van der Waals surface area contributed by atoms with Crippen LogP contribution in [0, 0.1) is 0 Å². The van der Waals surface area contributed by atoms with Crippen LogP contribution in [-0.2, 0) is 67.5 Å². The number of aliphatic hydroxyl groups is 6. The third kappa shape index (κ3) is 16.3. The number of anilines is 1. The number of ether oxygens (including phenoxy) is 7. The smallest absolute Gasteiger partial charge is 0.187 e. The number of benzene rings is 2. The number of imidazole rings is 1. The van der Waals surface area contributed by atoms with E-state index < -0.39 is 116 Å². The van der Waals surface area contributed by atoms with Crippen molar-refractivity contribution in [3.05, 3.63) is 78.1 Å². The second kappa shape index (κ2) is 31.2. The molecule has 2 aromatic carbocycles. The first-order valence-corrected chi connectivity index (χ1v) is 32.3. The Labute approximate surface area is 532 Å². The number of aliphatic hydroxyl groups excluding tert-OH is 6. The number of H-pyrrole nitrogens is 1. The van der Waals surface area contributed by atoms with Crippen molar-refractivity contribution in [3.8, 4) is 17.1 Å². The number of nitrogens with two attached hydrogens (primary N) is 6. The van der Waals surface area contributed by atoms with Crippen LogP contribution in [0.3, 0.4) is 0 Å². The van der Waals surface area contributed by atoms with E-state index in [2.05, 4.69) is 71.0 Å². The molecule has 0 radical (unpaired) electrons. The van der Waals surface area contributed by atoms with E-state index in [0.717, 1.165) is 137 Å². The van der Waals surface area contributed by atoms with Crippen LogP contribution in [0.25, 0.3) is 22.4 Å². The summed E-state index contributed by atoms with van der Waals surface area (Å²) in [7, 11) is 2.17. The Morgan fingerprint density at radius 1 is 0.554 bits per heavy atom. The first kappa shape index (κ1) is 67.6. The Hall–Kier alpha value is -5.83. The zero-order valence-corrected chi connectivity index (χ0v) is 52.0. The number of piperazine rings is 1. The Bertz CT molecular complexity index is 3220. The second-order valence-corrected chi connectivity index (χ2v) is 25.2. The predicted octanol–water partition coefficient (Wildman–Crippen LogP) is -2.93. The minimum Gasteiger partial charge on any atom is -0.487 e. The van der Waals surface area contributed by atoms with Crippen molar-refractivity contribution in [2.45, 2.75) is 213 Å². The molecule has 19 atom stereocenters. The van der Waals surface area contributed by atoms with Gasteiger partial charge in [-0.05, 0) is 94.5 Å². The summed E-state index contributed by atoms with van der Waals surface area (Å²) in [4.78, 5) is 13.1. The van der Waals surface area contributed by atoms with E-state index in [0.29, 0.717) is 18.7 Å². The van der Waals surface area contributed by atoms with Gasteiger partial charge in [0.1, 0.15) is 91.0 Å². The summed E-state index contributed by atoms with van der Waals surface area (Å²) in [5.41, 5.74) is 43.6. The van der Waals surface area contributed by atoms with Crippen molar-refractivity contribution in [2.24, 2.45) is 34.4 Å². The maximum Gasteiger partial charge on any atom is 0.187 e. The molecule has 0 spiro atoms. The molecule has 4 aromatic heterocycles. The van der Waals surface area contributed by atoms with E-state index in [1.807, 2.05) is 46.0 Å². The number of nitrogens with one attached hydrogen (secondary N) is 1. The van der Waals surface area contributed by atoms with E-state index >= 15 is 0 Å². The molecule has 0 bridgehead atoms. The lowest BCUT2D eigenvalue weighted by atomic mass is 9.84. The normalized spacial score (nSPS) is 32.3. The average molecular weight is 1290 g/mol. The molecule has 5 fully saturated rings. The molecule has 506 valence electrons. The average Bonchev–Trinajstić information content (AvgIpc) is 1.79. The highest BCUT2D eigenvalue weighted by Gasteiger charge is 2.55. The summed E-state index contributed by atoms with van der Waals surface area (Å²) in [6.07, 6.45) is -4.83. The first-order valence-electron chi connectivity index (χ1n) is 32.3. The highest BCUT2D eigenvalue weighted by atomic mass is 16.8. The van der Waals surface area contributed by atoms with Crippen LogP contribution in [0.5, 0.6) is 5.75 Å². The number of likely N-dealkylation sites (N-methyl/N-ethyl adjacent to an activating group) is 1. The molecule has 19 N–H and O–H groups in total. The number of unbranched alkanes of at least 4 members (excludes halogenated alkanes) is 6. The molecule has 0 amide bonds. The molecule has 32 nitrogen and oxygen atoms in total. The molecular formula is C60H93N19O13. The molecule has 0 unspecified atom stereocenters. The van der Waals surface area contributed by atoms with Gasteiger partial charge in [-0.3, -0.25) is 9.36 Å². The zero-order valence-electron chi connectivity index (χ0n) is 52.0. The molecule has 4 aliphatic heterocycles. The summed E-state index contributed by atoms with van der Waals surface area (Å²) in [6, 6.07) is 10.1. The SMILES string of the molecule is CN1CCN(c2ccc3nc(-c4ccc(OCc5cn(CCCCCCCCn6cc(CCCCc7cn(C[C@H]8O[C@@H](O[C@@H]9[C@@H](O)[C@H](N)C[C@H](N)[C@H]9O[C@H]9O[C@H](CN)[C@@H](O)[C@H](O)[C@H]9N)[C@H](O)[C@@H]8O[C@H]8O[C@@H](CN)[C@@H](O)[C@H](O)[C@H]8N)nn7)nn6)nn5)cc4)[nH]c3c2)CC1. The summed E-state index contributed by atoms with van der Waals surface area (Å²) in [5, 5.41) is 92.1. The van der Waals surface area contributed by atoms with Gasteiger partial charge in [0, 0.05) is 88.1 Å². The summed E-state index contributed by atoms with van der Waals surface area (Å²) < 4.78 is 48.3. The van der Waals surface area contributed by atoms with Gasteiger partial charge in [0.05, 0.1) is 53.4 Å². The summed E-state index contributed by atoms with van der Waals surface area (Å²) in [5.74, 6) is 1.58. The van der Waals surface area contributed by atoms with Gasteiger partial charge in [-0.25, -0.2) is 9.67 Å². The Morgan fingerprint density at radius 3 is 1.72 bits per heavy atom. The molecule has 1 saturated carbocycles. The second-order valence-electron chi connectivity index (χ2n) is 25.2. The van der Waals surface area contributed by atoms with Gasteiger partial charge >= 0.3 is 0 Å². The van der Waals surface area contributed by atoms with Crippen molar-refractivity contribution in [3.63, 3.8) is 0 Å². The lowest BCUT2D eigenvalue weighted by Gasteiger charge is -2.47. The van der Waals surface area contributed by atoms with Gasteiger partial charge < -0.3 is 113 Å². The fourth-order valence-corrected chi connectivity index (χ4v) is 12.7. The fraction of sp³-hybridized carbons (Fsp3) is 0.683. The maximum absolute atomic E-state index is 12.0. The van der Waals surface area contributed by atoms with Crippen molar-refractivity contribution < 1.29 is 63.8 Å². The van der Waals surface area contributed by atoms with Crippen molar-refractivity contribution in [1.82, 2.24) is 59.8 Å². The Morgan fingerprint density at radius 2 is 1.10 bits per heavy atom. The van der Waals surface area contributed by atoms with Crippen LogP contribution in [0.15, 0.2) is 61.1 Å². The molecule has 8 heterocycles. The van der Waals surface area contributed by atoms with Crippen LogP contribution >= 0.6 is 0 Å². The Balaban J connectivity index is 0.587. The van der Waals surface area contributed by atoms with E-state index in [-0.39, 0.29) is 26.1 Å². The molecule has 5 aliphatic rings. The van der Waals surface area contributed by atoms with Gasteiger partial charge in [-0.15, -0.1) is 15.3 Å². The number of rotatable bonds is 29. The molecule has 11 rings (SSSR count). The number of aryl methyl sites for hydroxylation is 4. The number of nitrogens with zero attached hydrogens (tertiary/aromatic N) is 12. The topological polar surface area (TPSA) is 469 Å². The minimum absolute atomic E-state index is 0.0332. The molecule has 4 saturated heterocycles. The van der Waals surface area contributed by atoms with Gasteiger partial charge in [0.2, 0.25) is 0 Å². The highest BCUT2D eigenvalue weighted by molar-refractivity contribution is 5.83. The fourth-order valence-electron chi connectivity index (χ4n) is 12.7. The zero-order chi connectivity index (χ0) is 64.6. The van der Waals surface area contributed by atoms with Crippen LogP contribution in [0.2, 0.25) is 0 Å². The number of aromatic nitrogens is 11. The maximum atomic E-state index is 12.0. The molecule has 92 heavy (non-hydrogen) atoms. The summed E-state index contributed by atoms with van der Waals surface area (Å²) >= 11 is 0. The van der Waals surface area contributed by atoms with E-state index in [9.17, 15) is 30.6 Å². The van der Waals surface area contributed by atoms with Gasteiger partial charge in [0.15, 0.2) is 18.9 Å². The Kier molecular flexibility index (Phi) is 22.9. The quantitative estimate of drug-likeness (QED) is 0.0209. The molecule has 32 heteroatoms. The molecule has 1 aliphatic carbocycles. The predicted molar refractivity (Wildman–Crippen MR) is 331 cm³/mol. The third-order valence-corrected chi connectivity index (χ3v) is 18.3. The third-order valence-electron chi connectivity index (χ3n) is 18.3. The van der Waals surface area contributed by atoms with Crippen LogP contribution in [-0.4, -0.2) is 253 Å². The largest absolute Gasteiger partial charge is 0.487 e. The van der Waals surface area contributed by atoms with Crippen LogP contribution in [0.4, 0.5) is 5.69 Å². The lowest BCUT2D eigenvalue weighted by molar-refractivity contribution is -0.306. The van der Waals surface area contributed by atoms with Gasteiger partial charge in [0.25, 0.3) is 0 Å². The van der Waals surface area contributed by atoms with Crippen molar-refractivity contribution in [2.75, 3.05) is 51.2 Å². The van der Waals surface area contributed by atoms with Crippen molar-refractivity contribution in [1.29, 1.82) is 0 Å². The number of aromatic amines is 1. The van der Waals surface area contributed by atoms with Gasteiger partial charge in [-0.1, -0.05) is 41.3 Å². The molecule has 6 aromatic rings. The van der Waals surface area contributed by atoms with E-state index in [1.54, 1.807) is 6.20 Å². The van der Waals surface area contributed by atoms with Gasteiger partial charge in [-0.2, -0.15) is 0 Å². The first-order chi connectivity index (χ1) is 44.5. The van der Waals surface area contributed by atoms with E-state index in [4.69, 9.17) is 72.5 Å². The highest BCUT2D eigenvalue weighted by Crippen LogP contribution is 2.36. The number of fused-ring (bicyclic) bond motifs is 1. The standard InChI is InChI=1S/C60H93N19O13/c1-75-20-22-76(23-21-75)37-14-17-41-42(24-37)68-57(67-41)33-12-15-38(16-13-33)86-32-36-30-78(73-71-36)19-9-5-3-2-4-8-18-77-28-34(69-72-77)10-6-7-11-35-29-79(74-70-35)31-45-55(91-59-47(66)52(84)50(82)44(27-62)88-59)53(85)60(89-45)92-56-48(80)39(63)25-40(64)54(56)90-58-46(65)51(83)49(81)43(26-61)87-58/h12-17,24,28-30,39-40,43-56,58-60,80-85H,2-11,18-23,25-27,31-32,61-66H2,1H3,(H,67,68)/t39-,40+,43-,44+,45-,46-,47-,48+,49-,50-,51-,52-,53-,54-,55-,56-,58-,59-,60+/m1/s1. The number of hydrogen-bond acceptors (Lipinski definition) is 28. The van der Waals surface area contributed by atoms with Crippen LogP contribution in [0.1, 0.15) is 74.9 Å². The summed E-state index contributed by atoms with van der Waals surface area (Å²) in [6.45, 7) is 5.70. The number of hydrogen-bond donors (Lipinski definition) is 13. The monoisotopic (exact) mass is 1290 g/mol. The lowest BCUT2D eigenvalue weighted by Crippen LogP contribution is -2.68. The van der Waals surface area contributed by atoms with Crippen LogP contribution < -0.4 is 44.0 Å². The van der Waals surface area contributed by atoms with E-state index in [1.165, 1.54) is 10.4 Å². The molecular weight excluding hydrogens is 1190 g/mol. The minimum atomic E-state index is -1.61. The van der Waals surface area contributed by atoms with Crippen molar-refractivity contribution >= 4 is 16.7 Å².